The average molecular weight is 344 g/mol. The van der Waals surface area contributed by atoms with E-state index < -0.39 is 4.92 Å². The molecule has 1 amide bonds. The number of likely N-dealkylation sites (tertiary alicyclic amines) is 1. The lowest BCUT2D eigenvalue weighted by atomic mass is 9.92. The Balaban J connectivity index is 1.82. The zero-order valence-electron chi connectivity index (χ0n) is 13.9. The van der Waals surface area contributed by atoms with Gasteiger partial charge in [0.15, 0.2) is 5.69 Å². The largest absolute Gasteiger partial charge is 0.333 e. The minimum atomic E-state index is -0.479. The first-order chi connectivity index (χ1) is 12.0. The van der Waals surface area contributed by atoms with Crippen LogP contribution < -0.4 is 5.73 Å². The fourth-order valence-corrected chi connectivity index (χ4v) is 3.13. The molecule has 0 bridgehead atoms. The molecule has 1 aliphatic heterocycles. The maximum absolute atomic E-state index is 12.7. The molecule has 1 fully saturated rings. The van der Waals surface area contributed by atoms with Crippen LogP contribution in [-0.2, 0) is 0 Å². The van der Waals surface area contributed by atoms with Gasteiger partial charge in [0.2, 0.25) is 0 Å². The molecule has 2 N–H and O–H groups in total. The van der Waals surface area contributed by atoms with Gasteiger partial charge in [0.05, 0.1) is 16.8 Å². The number of piperidine rings is 1. The second-order valence-electron chi connectivity index (χ2n) is 6.34. The molecule has 9 heteroatoms. The Morgan fingerprint density at radius 3 is 3.00 bits per heavy atom. The van der Waals surface area contributed by atoms with E-state index in [0.29, 0.717) is 24.7 Å². The Morgan fingerprint density at radius 1 is 1.48 bits per heavy atom. The average Bonchev–Trinajstić information content (AvgIpc) is 3.11. The smallest absolute Gasteiger partial charge is 0.276 e. The van der Waals surface area contributed by atoms with Crippen LogP contribution in [0.2, 0.25) is 0 Å². The molecule has 1 aliphatic rings. The number of rotatable bonds is 4. The SMILES string of the molecule is CC1CCN(C(=O)c2cn(-c3cccc([N+](=O)[O-])c3)nn2)C(CN)C1. The van der Waals surface area contributed by atoms with Gasteiger partial charge in [-0.1, -0.05) is 18.2 Å². The van der Waals surface area contributed by atoms with E-state index in [1.54, 1.807) is 17.0 Å². The summed E-state index contributed by atoms with van der Waals surface area (Å²) in [6.07, 6.45) is 3.30. The Hall–Kier alpha value is -2.81. The molecule has 0 spiro atoms. The van der Waals surface area contributed by atoms with Gasteiger partial charge in [-0.3, -0.25) is 14.9 Å². The predicted molar refractivity (Wildman–Crippen MR) is 90.3 cm³/mol. The number of non-ortho nitro benzene ring substituents is 1. The van der Waals surface area contributed by atoms with Crippen molar-refractivity contribution >= 4 is 11.6 Å². The quantitative estimate of drug-likeness (QED) is 0.661. The number of amides is 1. The lowest BCUT2D eigenvalue weighted by Gasteiger charge is -2.37. The summed E-state index contributed by atoms with van der Waals surface area (Å²) in [5, 5.41) is 18.8. The topological polar surface area (TPSA) is 120 Å². The number of aromatic nitrogens is 3. The lowest BCUT2D eigenvalue weighted by Crippen LogP contribution is -2.49. The summed E-state index contributed by atoms with van der Waals surface area (Å²) in [5.74, 6) is 0.331. The number of carbonyl (C=O) groups is 1. The van der Waals surface area contributed by atoms with E-state index >= 15 is 0 Å². The predicted octanol–water partition coefficient (Wildman–Crippen LogP) is 1.37. The van der Waals surface area contributed by atoms with Crippen molar-refractivity contribution in [2.45, 2.75) is 25.8 Å². The number of benzene rings is 1. The summed E-state index contributed by atoms with van der Waals surface area (Å²) in [5.41, 5.74) is 6.45. The summed E-state index contributed by atoms with van der Waals surface area (Å²) in [6.45, 7) is 3.21. The molecule has 1 aromatic heterocycles. The van der Waals surface area contributed by atoms with Gasteiger partial charge in [0, 0.05) is 31.3 Å². The Bertz CT molecular complexity index is 790. The molecule has 3 rings (SSSR count). The fourth-order valence-electron chi connectivity index (χ4n) is 3.13. The van der Waals surface area contributed by atoms with E-state index in [1.165, 1.54) is 23.0 Å². The molecular formula is C16H20N6O3. The molecule has 0 saturated carbocycles. The van der Waals surface area contributed by atoms with Gasteiger partial charge in [-0.05, 0) is 24.8 Å². The van der Waals surface area contributed by atoms with Crippen LogP contribution in [-0.4, -0.2) is 49.9 Å². The highest BCUT2D eigenvalue weighted by molar-refractivity contribution is 5.92. The van der Waals surface area contributed by atoms with Gasteiger partial charge in [0.1, 0.15) is 0 Å². The number of carbonyl (C=O) groups excluding carboxylic acids is 1. The number of nitro benzene ring substituents is 1. The van der Waals surface area contributed by atoms with Crippen molar-refractivity contribution in [1.29, 1.82) is 0 Å². The van der Waals surface area contributed by atoms with Crippen molar-refractivity contribution in [3.8, 4) is 5.69 Å². The summed E-state index contributed by atoms with van der Waals surface area (Å²) in [7, 11) is 0. The number of hydrogen-bond acceptors (Lipinski definition) is 6. The molecular weight excluding hydrogens is 324 g/mol. The third-order valence-corrected chi connectivity index (χ3v) is 4.53. The molecule has 9 nitrogen and oxygen atoms in total. The first-order valence-electron chi connectivity index (χ1n) is 8.17. The zero-order valence-corrected chi connectivity index (χ0v) is 13.9. The van der Waals surface area contributed by atoms with Gasteiger partial charge in [-0.2, -0.15) is 0 Å². The number of nitrogens with zero attached hydrogens (tertiary/aromatic N) is 5. The van der Waals surface area contributed by atoms with Crippen molar-refractivity contribution in [3.63, 3.8) is 0 Å². The van der Waals surface area contributed by atoms with Crippen LogP contribution in [0.3, 0.4) is 0 Å². The van der Waals surface area contributed by atoms with Gasteiger partial charge < -0.3 is 10.6 Å². The normalized spacial score (nSPS) is 20.5. The van der Waals surface area contributed by atoms with E-state index in [1.807, 2.05) is 0 Å². The van der Waals surface area contributed by atoms with E-state index in [9.17, 15) is 14.9 Å². The second kappa shape index (κ2) is 6.98. The summed E-state index contributed by atoms with van der Waals surface area (Å²) < 4.78 is 1.37. The number of nitro groups is 1. The molecule has 1 saturated heterocycles. The molecule has 0 aliphatic carbocycles. The monoisotopic (exact) mass is 344 g/mol. The van der Waals surface area contributed by atoms with Crippen molar-refractivity contribution in [2.24, 2.45) is 11.7 Å². The third kappa shape index (κ3) is 3.50. The Labute approximate surface area is 144 Å². The van der Waals surface area contributed by atoms with Crippen molar-refractivity contribution in [2.75, 3.05) is 13.1 Å². The molecule has 2 atom stereocenters. The summed E-state index contributed by atoms with van der Waals surface area (Å²) >= 11 is 0. The van der Waals surface area contributed by atoms with E-state index in [-0.39, 0.29) is 23.3 Å². The summed E-state index contributed by atoms with van der Waals surface area (Å²) in [6, 6.07) is 6.01. The van der Waals surface area contributed by atoms with Crippen molar-refractivity contribution in [3.05, 3.63) is 46.3 Å². The second-order valence-corrected chi connectivity index (χ2v) is 6.34. The first kappa shape index (κ1) is 17.0. The highest BCUT2D eigenvalue weighted by Gasteiger charge is 2.31. The van der Waals surface area contributed by atoms with E-state index in [2.05, 4.69) is 17.2 Å². The molecule has 132 valence electrons. The van der Waals surface area contributed by atoms with Crippen molar-refractivity contribution < 1.29 is 9.72 Å². The van der Waals surface area contributed by atoms with E-state index in [4.69, 9.17) is 5.73 Å². The van der Waals surface area contributed by atoms with Crippen LogP contribution >= 0.6 is 0 Å². The molecule has 2 heterocycles. The first-order valence-corrected chi connectivity index (χ1v) is 8.17. The fraction of sp³-hybridized carbons (Fsp3) is 0.438. The van der Waals surface area contributed by atoms with Crippen LogP contribution in [0.25, 0.3) is 5.69 Å². The molecule has 25 heavy (non-hydrogen) atoms. The molecule has 2 aromatic rings. The van der Waals surface area contributed by atoms with Crippen molar-refractivity contribution in [1.82, 2.24) is 19.9 Å². The number of nitrogens with two attached hydrogens (primary N) is 1. The highest BCUT2D eigenvalue weighted by Crippen LogP contribution is 2.23. The maximum Gasteiger partial charge on any atom is 0.276 e. The molecule has 2 unspecified atom stereocenters. The maximum atomic E-state index is 12.7. The van der Waals surface area contributed by atoms with Gasteiger partial charge in [-0.25, -0.2) is 4.68 Å². The van der Waals surface area contributed by atoms with Gasteiger partial charge >= 0.3 is 0 Å². The minimum Gasteiger partial charge on any atom is -0.333 e. The highest BCUT2D eigenvalue weighted by atomic mass is 16.6. The van der Waals surface area contributed by atoms with Crippen LogP contribution in [0.15, 0.2) is 30.5 Å². The van der Waals surface area contributed by atoms with Crippen LogP contribution in [0.5, 0.6) is 0 Å². The Morgan fingerprint density at radius 2 is 2.28 bits per heavy atom. The Kier molecular flexibility index (Phi) is 4.75. The number of hydrogen-bond donors (Lipinski definition) is 1. The molecule has 1 aromatic carbocycles. The zero-order chi connectivity index (χ0) is 18.0. The van der Waals surface area contributed by atoms with Crippen LogP contribution in [0.4, 0.5) is 5.69 Å². The van der Waals surface area contributed by atoms with Gasteiger partial charge in [-0.15, -0.1) is 5.10 Å². The summed E-state index contributed by atoms with van der Waals surface area (Å²) in [4.78, 5) is 24.9. The standard InChI is InChI=1S/C16H20N6O3/c1-11-5-6-20(14(7-11)9-17)16(23)15-10-21(19-18-15)12-3-2-4-13(8-12)22(24)25/h2-4,8,10-11,14H,5-7,9,17H2,1H3. The van der Waals surface area contributed by atoms with Crippen LogP contribution in [0.1, 0.15) is 30.3 Å². The lowest BCUT2D eigenvalue weighted by molar-refractivity contribution is -0.384. The minimum absolute atomic E-state index is 0.000729. The molecule has 0 radical (unpaired) electrons. The third-order valence-electron chi connectivity index (χ3n) is 4.53. The van der Waals surface area contributed by atoms with Crippen LogP contribution in [0, 0.1) is 16.0 Å². The van der Waals surface area contributed by atoms with Gasteiger partial charge in [0.25, 0.3) is 11.6 Å². The van der Waals surface area contributed by atoms with E-state index in [0.717, 1.165) is 12.8 Å².